The van der Waals surface area contributed by atoms with E-state index < -0.39 is 0 Å². The lowest BCUT2D eigenvalue weighted by molar-refractivity contribution is 0.258. The minimum Gasteiger partial charge on any atom is -0.330 e. The van der Waals surface area contributed by atoms with Crippen LogP contribution >= 0.6 is 11.6 Å². The monoisotopic (exact) mass is 282 g/mol. The molecule has 0 heterocycles. The molecule has 0 spiro atoms. The largest absolute Gasteiger partial charge is 0.330 e. The smallest absolute Gasteiger partial charge is 0.0438 e. The molecule has 3 heteroatoms. The molecule has 0 aliphatic heterocycles. The molecule has 0 aliphatic rings. The Balaban J connectivity index is 2.84. The fraction of sp³-hybridized carbons (Fsp3) is 0.625. The second-order valence-electron chi connectivity index (χ2n) is 5.19. The summed E-state index contributed by atoms with van der Waals surface area (Å²) in [5.74, 6) is 0.372. The van der Waals surface area contributed by atoms with Crippen LogP contribution in [0.2, 0.25) is 5.02 Å². The van der Waals surface area contributed by atoms with Crippen molar-refractivity contribution in [3.8, 4) is 0 Å². The van der Waals surface area contributed by atoms with Crippen molar-refractivity contribution in [2.24, 2.45) is 5.73 Å². The van der Waals surface area contributed by atoms with Gasteiger partial charge in [0, 0.05) is 24.0 Å². The SMILES string of the molecule is CCCN(CCC)CC(CN)c1cccc(Cl)c1C. The Morgan fingerprint density at radius 2 is 1.84 bits per heavy atom. The van der Waals surface area contributed by atoms with Crippen molar-refractivity contribution in [3.05, 3.63) is 34.3 Å². The molecule has 1 unspecified atom stereocenters. The Morgan fingerprint density at radius 3 is 2.37 bits per heavy atom. The molecular formula is C16H27ClN2. The summed E-state index contributed by atoms with van der Waals surface area (Å²) in [6.07, 6.45) is 2.37. The molecule has 2 N–H and O–H groups in total. The molecular weight excluding hydrogens is 256 g/mol. The second-order valence-corrected chi connectivity index (χ2v) is 5.59. The highest BCUT2D eigenvalue weighted by molar-refractivity contribution is 6.31. The number of rotatable bonds is 8. The Bertz CT molecular complexity index is 373. The molecule has 1 aromatic carbocycles. The van der Waals surface area contributed by atoms with E-state index in [1.165, 1.54) is 24.0 Å². The lowest BCUT2D eigenvalue weighted by Crippen LogP contribution is -2.33. The first kappa shape index (κ1) is 16.5. The van der Waals surface area contributed by atoms with Gasteiger partial charge in [0.15, 0.2) is 0 Å². The van der Waals surface area contributed by atoms with Gasteiger partial charge in [-0.25, -0.2) is 0 Å². The van der Waals surface area contributed by atoms with E-state index in [1.54, 1.807) is 0 Å². The third-order valence-electron chi connectivity index (χ3n) is 3.59. The zero-order valence-corrected chi connectivity index (χ0v) is 13.2. The molecule has 0 aliphatic carbocycles. The number of nitrogens with zero attached hydrogens (tertiary/aromatic N) is 1. The van der Waals surface area contributed by atoms with E-state index in [-0.39, 0.29) is 0 Å². The van der Waals surface area contributed by atoms with Gasteiger partial charge < -0.3 is 10.6 Å². The van der Waals surface area contributed by atoms with Crippen LogP contribution in [0.5, 0.6) is 0 Å². The summed E-state index contributed by atoms with van der Waals surface area (Å²) in [6, 6.07) is 6.13. The predicted octanol–water partition coefficient (Wildman–Crippen LogP) is 3.81. The van der Waals surface area contributed by atoms with Crippen LogP contribution in [0.4, 0.5) is 0 Å². The molecule has 1 atom stereocenters. The zero-order valence-electron chi connectivity index (χ0n) is 12.5. The Kier molecular flexibility index (Phi) is 7.44. The second kappa shape index (κ2) is 8.57. The van der Waals surface area contributed by atoms with Gasteiger partial charge in [-0.2, -0.15) is 0 Å². The van der Waals surface area contributed by atoms with Crippen molar-refractivity contribution in [3.63, 3.8) is 0 Å². The minimum absolute atomic E-state index is 0.372. The maximum Gasteiger partial charge on any atom is 0.0438 e. The third kappa shape index (κ3) is 4.79. The topological polar surface area (TPSA) is 29.3 Å². The summed E-state index contributed by atoms with van der Waals surface area (Å²) in [7, 11) is 0. The van der Waals surface area contributed by atoms with Gasteiger partial charge >= 0.3 is 0 Å². The van der Waals surface area contributed by atoms with Crippen LogP contribution in [-0.2, 0) is 0 Å². The van der Waals surface area contributed by atoms with E-state index >= 15 is 0 Å². The summed E-state index contributed by atoms with van der Waals surface area (Å²) in [4.78, 5) is 2.51. The minimum atomic E-state index is 0.372. The first-order chi connectivity index (χ1) is 9.13. The first-order valence-electron chi connectivity index (χ1n) is 7.31. The van der Waals surface area contributed by atoms with E-state index in [1.807, 2.05) is 12.1 Å². The van der Waals surface area contributed by atoms with Crippen LogP contribution < -0.4 is 5.73 Å². The van der Waals surface area contributed by atoms with Gasteiger partial charge in [0.25, 0.3) is 0 Å². The van der Waals surface area contributed by atoms with Crippen molar-refractivity contribution < 1.29 is 0 Å². The molecule has 0 bridgehead atoms. The molecule has 0 saturated heterocycles. The van der Waals surface area contributed by atoms with Crippen molar-refractivity contribution in [2.75, 3.05) is 26.2 Å². The molecule has 2 nitrogen and oxygen atoms in total. The summed E-state index contributed by atoms with van der Waals surface area (Å²) in [5, 5.41) is 0.841. The number of hydrogen-bond acceptors (Lipinski definition) is 2. The first-order valence-corrected chi connectivity index (χ1v) is 7.69. The van der Waals surface area contributed by atoms with Gasteiger partial charge in [-0.3, -0.25) is 0 Å². The molecule has 0 amide bonds. The summed E-state index contributed by atoms with van der Waals surface area (Å²) in [6.45, 7) is 10.5. The number of halogens is 1. The third-order valence-corrected chi connectivity index (χ3v) is 4.00. The van der Waals surface area contributed by atoms with Crippen LogP contribution in [0.25, 0.3) is 0 Å². The molecule has 1 rings (SSSR count). The van der Waals surface area contributed by atoms with Crippen molar-refractivity contribution >= 4 is 11.6 Å². The molecule has 0 saturated carbocycles. The van der Waals surface area contributed by atoms with E-state index in [0.717, 1.165) is 24.7 Å². The maximum atomic E-state index is 6.22. The van der Waals surface area contributed by atoms with Crippen LogP contribution in [0.15, 0.2) is 18.2 Å². The van der Waals surface area contributed by atoms with Crippen molar-refractivity contribution in [2.45, 2.75) is 39.5 Å². The predicted molar refractivity (Wildman–Crippen MR) is 85.0 cm³/mol. The Morgan fingerprint density at radius 1 is 1.21 bits per heavy atom. The van der Waals surface area contributed by atoms with Crippen molar-refractivity contribution in [1.82, 2.24) is 4.90 Å². The average Bonchev–Trinajstić information content (AvgIpc) is 2.40. The standard InChI is InChI=1S/C16H27ClN2/c1-4-9-19(10-5-2)12-14(11-18)15-7-6-8-16(17)13(15)3/h6-8,14H,4-5,9-12,18H2,1-3H3. The van der Waals surface area contributed by atoms with Gasteiger partial charge in [-0.05, 0) is 50.0 Å². The molecule has 0 aromatic heterocycles. The van der Waals surface area contributed by atoms with Crippen molar-refractivity contribution in [1.29, 1.82) is 0 Å². The van der Waals surface area contributed by atoms with E-state index in [0.29, 0.717) is 12.5 Å². The Hall–Kier alpha value is -0.570. The number of hydrogen-bond donors (Lipinski definition) is 1. The van der Waals surface area contributed by atoms with E-state index in [9.17, 15) is 0 Å². The summed E-state index contributed by atoms with van der Waals surface area (Å²) < 4.78 is 0. The fourth-order valence-corrected chi connectivity index (χ4v) is 2.79. The van der Waals surface area contributed by atoms with Crippen LogP contribution in [0, 0.1) is 6.92 Å². The quantitative estimate of drug-likeness (QED) is 0.785. The number of benzene rings is 1. The molecule has 0 radical (unpaired) electrons. The van der Waals surface area contributed by atoms with Gasteiger partial charge in [0.05, 0.1) is 0 Å². The summed E-state index contributed by atoms with van der Waals surface area (Å²) in [5.41, 5.74) is 8.47. The van der Waals surface area contributed by atoms with Gasteiger partial charge in [0.2, 0.25) is 0 Å². The van der Waals surface area contributed by atoms with Crippen LogP contribution in [-0.4, -0.2) is 31.1 Å². The maximum absolute atomic E-state index is 6.22. The molecule has 0 fully saturated rings. The molecule has 1 aromatic rings. The molecule has 108 valence electrons. The van der Waals surface area contributed by atoms with Gasteiger partial charge in [-0.1, -0.05) is 37.6 Å². The van der Waals surface area contributed by atoms with E-state index in [4.69, 9.17) is 17.3 Å². The summed E-state index contributed by atoms with van der Waals surface area (Å²) >= 11 is 6.22. The van der Waals surface area contributed by atoms with Crippen LogP contribution in [0.3, 0.4) is 0 Å². The molecule has 19 heavy (non-hydrogen) atoms. The lowest BCUT2D eigenvalue weighted by atomic mass is 9.94. The highest BCUT2D eigenvalue weighted by Crippen LogP contribution is 2.26. The number of nitrogens with two attached hydrogens (primary N) is 1. The highest BCUT2D eigenvalue weighted by atomic mass is 35.5. The fourth-order valence-electron chi connectivity index (χ4n) is 2.60. The Labute approximate surface area is 122 Å². The lowest BCUT2D eigenvalue weighted by Gasteiger charge is -2.27. The highest BCUT2D eigenvalue weighted by Gasteiger charge is 2.16. The van der Waals surface area contributed by atoms with Gasteiger partial charge in [0.1, 0.15) is 0 Å². The normalized spacial score (nSPS) is 12.9. The average molecular weight is 283 g/mol. The van der Waals surface area contributed by atoms with Crippen LogP contribution in [0.1, 0.15) is 43.7 Å². The zero-order chi connectivity index (χ0) is 14.3. The van der Waals surface area contributed by atoms with E-state index in [2.05, 4.69) is 31.7 Å². The van der Waals surface area contributed by atoms with Gasteiger partial charge in [-0.15, -0.1) is 0 Å².